The Balaban J connectivity index is 2.25. The van der Waals surface area contributed by atoms with Crippen LogP contribution in [0.25, 0.3) is 0 Å². The van der Waals surface area contributed by atoms with Crippen molar-refractivity contribution in [3.05, 3.63) is 53.2 Å². The summed E-state index contributed by atoms with van der Waals surface area (Å²) in [5, 5.41) is 0. The minimum absolute atomic E-state index is 0.0486. The number of aromatic nitrogens is 1. The lowest BCUT2D eigenvalue weighted by atomic mass is 10.1. The van der Waals surface area contributed by atoms with Crippen LogP contribution in [0.4, 0.5) is 18.9 Å². The number of ether oxygens (including phenoxy) is 1. The first-order valence-electron chi connectivity index (χ1n) is 5.89. The van der Waals surface area contributed by atoms with E-state index in [1.807, 2.05) is 0 Å². The van der Waals surface area contributed by atoms with Crippen molar-refractivity contribution < 1.29 is 17.9 Å². The molecule has 0 amide bonds. The number of pyridine rings is 1. The summed E-state index contributed by atoms with van der Waals surface area (Å²) in [5.41, 5.74) is 5.51. The number of nitrogens with two attached hydrogens (primary N) is 1. The molecule has 0 saturated heterocycles. The third-order valence-corrected chi connectivity index (χ3v) is 2.74. The Morgan fingerprint density at radius 1 is 1.15 bits per heavy atom. The van der Waals surface area contributed by atoms with E-state index < -0.39 is 11.7 Å². The monoisotopic (exact) mass is 282 g/mol. The van der Waals surface area contributed by atoms with E-state index in [2.05, 4.69) is 4.98 Å². The normalized spacial score (nSPS) is 11.4. The number of hydrogen-bond acceptors (Lipinski definition) is 3. The fourth-order valence-electron chi connectivity index (χ4n) is 1.78. The van der Waals surface area contributed by atoms with Gasteiger partial charge in [-0.05, 0) is 25.1 Å². The third kappa shape index (κ3) is 3.20. The zero-order valence-corrected chi connectivity index (χ0v) is 10.7. The number of anilines is 1. The van der Waals surface area contributed by atoms with Gasteiger partial charge in [-0.2, -0.15) is 13.2 Å². The summed E-state index contributed by atoms with van der Waals surface area (Å²) in [5.74, 6) is 0.265. The van der Waals surface area contributed by atoms with Gasteiger partial charge in [-0.15, -0.1) is 0 Å². The second kappa shape index (κ2) is 5.40. The number of alkyl halides is 3. The summed E-state index contributed by atoms with van der Waals surface area (Å²) in [6.07, 6.45) is -4.46. The van der Waals surface area contributed by atoms with E-state index in [1.165, 1.54) is 12.1 Å². The highest BCUT2D eigenvalue weighted by Gasteiger charge is 2.34. The quantitative estimate of drug-likeness (QED) is 0.875. The average molecular weight is 282 g/mol. The Hall–Kier alpha value is -2.24. The van der Waals surface area contributed by atoms with Gasteiger partial charge >= 0.3 is 6.18 Å². The maximum absolute atomic E-state index is 12.9. The summed E-state index contributed by atoms with van der Waals surface area (Å²) < 4.78 is 44.0. The van der Waals surface area contributed by atoms with Gasteiger partial charge in [0.05, 0.1) is 5.56 Å². The number of nitrogens with zero attached hydrogens (tertiary/aromatic N) is 1. The summed E-state index contributed by atoms with van der Waals surface area (Å²) in [6, 6.07) is 8.74. The highest BCUT2D eigenvalue weighted by atomic mass is 19.4. The molecule has 106 valence electrons. The van der Waals surface area contributed by atoms with Gasteiger partial charge in [-0.25, -0.2) is 4.98 Å². The van der Waals surface area contributed by atoms with E-state index in [0.717, 1.165) is 11.8 Å². The molecule has 20 heavy (non-hydrogen) atoms. The molecule has 0 fully saturated rings. The molecule has 0 spiro atoms. The lowest BCUT2D eigenvalue weighted by Gasteiger charge is -2.15. The molecule has 0 atom stereocenters. The van der Waals surface area contributed by atoms with Crippen molar-refractivity contribution in [3.63, 3.8) is 0 Å². The zero-order valence-electron chi connectivity index (χ0n) is 10.7. The van der Waals surface area contributed by atoms with Gasteiger partial charge in [-0.3, -0.25) is 0 Å². The van der Waals surface area contributed by atoms with Gasteiger partial charge in [0.2, 0.25) is 5.88 Å². The number of benzene rings is 1. The molecule has 6 heteroatoms. The zero-order chi connectivity index (χ0) is 14.8. The molecular weight excluding hydrogens is 269 g/mol. The first kappa shape index (κ1) is 14.2. The molecule has 2 N–H and O–H groups in total. The van der Waals surface area contributed by atoms with E-state index in [-0.39, 0.29) is 23.7 Å². The molecule has 2 aromatic rings. The van der Waals surface area contributed by atoms with E-state index >= 15 is 0 Å². The minimum atomic E-state index is -4.46. The number of aryl methyl sites for hydroxylation is 1. The first-order chi connectivity index (χ1) is 9.38. The molecule has 0 radical (unpaired) electrons. The fraction of sp³-hybridized carbons (Fsp3) is 0.214. The first-order valence-corrected chi connectivity index (χ1v) is 5.89. The SMILES string of the molecule is Cc1cccc(OCc2c(N)cccc2C(F)(F)F)n1. The number of rotatable bonds is 3. The van der Waals surface area contributed by atoms with Gasteiger partial charge < -0.3 is 10.5 Å². The van der Waals surface area contributed by atoms with Gasteiger partial charge in [0, 0.05) is 23.0 Å². The van der Waals surface area contributed by atoms with Crippen molar-refractivity contribution in [2.24, 2.45) is 0 Å². The van der Waals surface area contributed by atoms with Crippen LogP contribution >= 0.6 is 0 Å². The fourth-order valence-corrected chi connectivity index (χ4v) is 1.78. The Bertz CT molecular complexity index is 612. The molecule has 0 aliphatic carbocycles. The lowest BCUT2D eigenvalue weighted by Crippen LogP contribution is -2.13. The number of hydrogen-bond donors (Lipinski definition) is 1. The molecule has 1 heterocycles. The molecule has 0 unspecified atom stereocenters. The van der Waals surface area contributed by atoms with E-state index in [0.29, 0.717) is 0 Å². The van der Waals surface area contributed by atoms with Crippen LogP contribution in [-0.2, 0) is 12.8 Å². The van der Waals surface area contributed by atoms with Crippen LogP contribution < -0.4 is 10.5 Å². The third-order valence-electron chi connectivity index (χ3n) is 2.74. The standard InChI is InChI=1S/C14H13F3N2O/c1-9-4-2-7-13(19-9)20-8-10-11(14(15,16)17)5-3-6-12(10)18/h2-7H,8,18H2,1H3. The topological polar surface area (TPSA) is 48.1 Å². The van der Waals surface area contributed by atoms with Crippen LogP contribution in [0.1, 0.15) is 16.8 Å². The summed E-state index contributed by atoms with van der Waals surface area (Å²) >= 11 is 0. The van der Waals surface area contributed by atoms with Gasteiger partial charge in [0.15, 0.2) is 0 Å². The molecule has 0 bridgehead atoms. The molecule has 3 nitrogen and oxygen atoms in total. The maximum atomic E-state index is 12.9. The number of halogens is 3. The maximum Gasteiger partial charge on any atom is 0.416 e. The van der Waals surface area contributed by atoms with Gasteiger partial charge in [0.25, 0.3) is 0 Å². The highest BCUT2D eigenvalue weighted by molar-refractivity contribution is 5.51. The highest BCUT2D eigenvalue weighted by Crippen LogP contribution is 2.34. The molecule has 0 aliphatic rings. The van der Waals surface area contributed by atoms with Crippen LogP contribution in [0.5, 0.6) is 5.88 Å². The molecule has 0 aliphatic heterocycles. The molecule has 0 saturated carbocycles. The Kier molecular flexibility index (Phi) is 3.83. The Labute approximate surface area is 114 Å². The predicted molar refractivity (Wildman–Crippen MR) is 69.2 cm³/mol. The largest absolute Gasteiger partial charge is 0.473 e. The van der Waals surface area contributed by atoms with Crippen LogP contribution in [0, 0.1) is 6.92 Å². The summed E-state index contributed by atoms with van der Waals surface area (Å²) in [4.78, 5) is 4.07. The van der Waals surface area contributed by atoms with Crippen molar-refractivity contribution >= 4 is 5.69 Å². The summed E-state index contributed by atoms with van der Waals surface area (Å²) in [6.45, 7) is 1.49. The van der Waals surface area contributed by atoms with Crippen LogP contribution in [0.2, 0.25) is 0 Å². The predicted octanol–water partition coefficient (Wildman–Crippen LogP) is 3.57. The second-order valence-corrected chi connectivity index (χ2v) is 4.28. The van der Waals surface area contributed by atoms with Crippen molar-refractivity contribution in [1.82, 2.24) is 4.98 Å². The van der Waals surface area contributed by atoms with E-state index in [9.17, 15) is 13.2 Å². The van der Waals surface area contributed by atoms with Crippen molar-refractivity contribution in [2.75, 3.05) is 5.73 Å². The number of nitrogen functional groups attached to an aromatic ring is 1. The van der Waals surface area contributed by atoms with E-state index in [1.54, 1.807) is 25.1 Å². The molecular formula is C14H13F3N2O. The van der Waals surface area contributed by atoms with Crippen molar-refractivity contribution in [1.29, 1.82) is 0 Å². The average Bonchev–Trinajstić information content (AvgIpc) is 2.36. The Morgan fingerprint density at radius 3 is 2.50 bits per heavy atom. The molecule has 1 aromatic carbocycles. The van der Waals surface area contributed by atoms with Gasteiger partial charge in [0.1, 0.15) is 6.61 Å². The second-order valence-electron chi connectivity index (χ2n) is 4.28. The molecule has 1 aromatic heterocycles. The van der Waals surface area contributed by atoms with Crippen molar-refractivity contribution in [3.8, 4) is 5.88 Å². The minimum Gasteiger partial charge on any atom is -0.473 e. The van der Waals surface area contributed by atoms with Crippen LogP contribution in [0.15, 0.2) is 36.4 Å². The van der Waals surface area contributed by atoms with Crippen LogP contribution in [-0.4, -0.2) is 4.98 Å². The lowest BCUT2D eigenvalue weighted by molar-refractivity contribution is -0.138. The van der Waals surface area contributed by atoms with Gasteiger partial charge in [-0.1, -0.05) is 12.1 Å². The Morgan fingerprint density at radius 2 is 1.85 bits per heavy atom. The molecule has 2 rings (SSSR count). The smallest absolute Gasteiger partial charge is 0.416 e. The van der Waals surface area contributed by atoms with Crippen molar-refractivity contribution in [2.45, 2.75) is 19.7 Å². The van der Waals surface area contributed by atoms with E-state index in [4.69, 9.17) is 10.5 Å². The van der Waals surface area contributed by atoms with Crippen LogP contribution in [0.3, 0.4) is 0 Å². The summed E-state index contributed by atoms with van der Waals surface area (Å²) in [7, 11) is 0.